The molecule has 2 aromatic rings. The Morgan fingerprint density at radius 2 is 2.04 bits per heavy atom. The van der Waals surface area contributed by atoms with Gasteiger partial charge in [0, 0.05) is 21.2 Å². The number of thiophene rings is 1. The van der Waals surface area contributed by atoms with Crippen LogP contribution in [0, 0.1) is 0 Å². The highest BCUT2D eigenvalue weighted by Crippen LogP contribution is 2.31. The number of halogens is 1. The van der Waals surface area contributed by atoms with E-state index in [1.54, 1.807) is 32.0 Å². The molecule has 0 atom stereocenters. The van der Waals surface area contributed by atoms with Crippen LogP contribution in [-0.4, -0.2) is 30.6 Å². The van der Waals surface area contributed by atoms with Crippen LogP contribution in [-0.2, 0) is 9.53 Å². The Morgan fingerprint density at radius 1 is 1.30 bits per heavy atom. The van der Waals surface area contributed by atoms with Crippen molar-refractivity contribution in [1.29, 1.82) is 0 Å². The first-order chi connectivity index (χ1) is 10.9. The number of urea groups is 1. The predicted octanol–water partition coefficient (Wildman–Crippen LogP) is 2.95. The molecule has 8 heteroatoms. The lowest BCUT2D eigenvalue weighted by Gasteiger charge is -2.09. The van der Waals surface area contributed by atoms with Gasteiger partial charge in [-0.25, -0.2) is 9.59 Å². The normalized spacial score (nSPS) is 10.6. The van der Waals surface area contributed by atoms with E-state index in [-0.39, 0.29) is 6.04 Å². The summed E-state index contributed by atoms with van der Waals surface area (Å²) in [6, 6.07) is 6.24. The van der Waals surface area contributed by atoms with Gasteiger partial charge in [0.15, 0.2) is 6.61 Å². The number of hydrogen-bond donors (Lipinski definition) is 2. The quantitative estimate of drug-likeness (QED) is 0.827. The van der Waals surface area contributed by atoms with Crippen LogP contribution in [0.3, 0.4) is 0 Å². The summed E-state index contributed by atoms with van der Waals surface area (Å²) in [5.74, 6) is -1.34. The minimum absolute atomic E-state index is 0.103. The molecule has 2 rings (SSSR count). The topological polar surface area (TPSA) is 84.5 Å². The van der Waals surface area contributed by atoms with Crippen LogP contribution >= 0.6 is 22.9 Å². The molecule has 0 aliphatic carbocycles. The first-order valence-electron chi connectivity index (χ1n) is 6.82. The van der Waals surface area contributed by atoms with Gasteiger partial charge in [0.05, 0.1) is 0 Å². The molecule has 0 aliphatic heterocycles. The number of carbonyl (C=O) groups excluding carboxylic acids is 3. The summed E-state index contributed by atoms with van der Waals surface area (Å²) in [4.78, 5) is 35.2. The van der Waals surface area contributed by atoms with Gasteiger partial charge in [-0.1, -0.05) is 17.7 Å². The maximum atomic E-state index is 12.0. The molecular weight excluding hydrogens is 340 g/mol. The highest BCUT2D eigenvalue weighted by molar-refractivity contribution is 7.20. The fraction of sp³-hybridized carbons (Fsp3) is 0.267. The lowest BCUT2D eigenvalue weighted by atomic mass is 10.2. The molecule has 122 valence electrons. The van der Waals surface area contributed by atoms with E-state index >= 15 is 0 Å². The largest absolute Gasteiger partial charge is 0.451 e. The summed E-state index contributed by atoms with van der Waals surface area (Å²) in [6.07, 6.45) is 0. The Kier molecular flexibility index (Phi) is 5.57. The molecule has 23 heavy (non-hydrogen) atoms. The van der Waals surface area contributed by atoms with Crippen molar-refractivity contribution in [3.05, 3.63) is 34.2 Å². The lowest BCUT2D eigenvalue weighted by Crippen LogP contribution is -2.44. The van der Waals surface area contributed by atoms with Crippen molar-refractivity contribution in [3.63, 3.8) is 0 Å². The van der Waals surface area contributed by atoms with Gasteiger partial charge in [-0.15, -0.1) is 11.3 Å². The first kappa shape index (κ1) is 17.2. The molecule has 2 N–H and O–H groups in total. The summed E-state index contributed by atoms with van der Waals surface area (Å²) >= 11 is 7.27. The number of imide groups is 1. The van der Waals surface area contributed by atoms with Crippen molar-refractivity contribution >= 4 is 50.9 Å². The van der Waals surface area contributed by atoms with Gasteiger partial charge in [0.2, 0.25) is 0 Å². The summed E-state index contributed by atoms with van der Waals surface area (Å²) in [5.41, 5.74) is 0. The molecule has 0 unspecified atom stereocenters. The Balaban J connectivity index is 1.92. The Morgan fingerprint density at radius 3 is 2.70 bits per heavy atom. The standard InChI is InChI=1S/C15H15ClN2O4S/c1-8(2)17-15(21)18-13(19)7-22-14(20)12-6-9-10(16)4-3-5-11(9)23-12/h3-6,8H,7H2,1-2H3,(H2,17,18,19,21). The molecule has 1 heterocycles. The third-order valence-corrected chi connectivity index (χ3v) is 4.13. The van der Waals surface area contributed by atoms with Crippen molar-refractivity contribution < 1.29 is 19.1 Å². The van der Waals surface area contributed by atoms with E-state index in [1.165, 1.54) is 11.3 Å². The van der Waals surface area contributed by atoms with E-state index < -0.39 is 24.5 Å². The number of nitrogens with one attached hydrogen (secondary N) is 2. The Bertz CT molecular complexity index is 757. The van der Waals surface area contributed by atoms with Gasteiger partial charge in [0.1, 0.15) is 4.88 Å². The SMILES string of the molecule is CC(C)NC(=O)NC(=O)COC(=O)c1cc2c(Cl)cccc2s1. The van der Waals surface area contributed by atoms with Crippen LogP contribution in [0.15, 0.2) is 24.3 Å². The van der Waals surface area contributed by atoms with E-state index in [2.05, 4.69) is 10.6 Å². The summed E-state index contributed by atoms with van der Waals surface area (Å²) in [5, 5.41) is 5.86. The maximum Gasteiger partial charge on any atom is 0.348 e. The molecular formula is C15H15ClN2O4S. The number of esters is 1. The van der Waals surface area contributed by atoms with Gasteiger partial charge in [-0.2, -0.15) is 0 Å². The number of benzene rings is 1. The van der Waals surface area contributed by atoms with Gasteiger partial charge in [-0.3, -0.25) is 10.1 Å². The number of fused-ring (bicyclic) bond motifs is 1. The molecule has 1 aromatic carbocycles. The number of rotatable bonds is 4. The number of hydrogen-bond acceptors (Lipinski definition) is 5. The molecule has 3 amide bonds. The molecule has 0 saturated carbocycles. The average Bonchev–Trinajstić information content (AvgIpc) is 2.89. The summed E-state index contributed by atoms with van der Waals surface area (Å²) < 4.78 is 5.75. The summed E-state index contributed by atoms with van der Waals surface area (Å²) in [6.45, 7) is 2.99. The van der Waals surface area contributed by atoms with Crippen molar-refractivity contribution in [1.82, 2.24) is 10.6 Å². The van der Waals surface area contributed by atoms with Crippen LogP contribution in [0.4, 0.5) is 4.79 Å². The van der Waals surface area contributed by atoms with Crippen molar-refractivity contribution in [2.45, 2.75) is 19.9 Å². The fourth-order valence-electron chi connectivity index (χ4n) is 1.79. The zero-order valence-electron chi connectivity index (χ0n) is 12.5. The molecule has 0 bridgehead atoms. The minimum Gasteiger partial charge on any atom is -0.451 e. The molecule has 6 nitrogen and oxygen atoms in total. The van der Waals surface area contributed by atoms with Crippen LogP contribution in [0.1, 0.15) is 23.5 Å². The van der Waals surface area contributed by atoms with Crippen LogP contribution < -0.4 is 10.6 Å². The van der Waals surface area contributed by atoms with Crippen LogP contribution in [0.2, 0.25) is 5.02 Å². The van der Waals surface area contributed by atoms with Crippen molar-refractivity contribution in [3.8, 4) is 0 Å². The molecule has 0 radical (unpaired) electrons. The smallest absolute Gasteiger partial charge is 0.348 e. The average molecular weight is 355 g/mol. The second-order valence-corrected chi connectivity index (χ2v) is 6.51. The maximum absolute atomic E-state index is 12.0. The monoisotopic (exact) mass is 354 g/mol. The van der Waals surface area contributed by atoms with E-state index in [9.17, 15) is 14.4 Å². The Labute approximate surface area is 141 Å². The second-order valence-electron chi connectivity index (χ2n) is 5.01. The van der Waals surface area contributed by atoms with E-state index in [0.29, 0.717) is 9.90 Å². The lowest BCUT2D eigenvalue weighted by molar-refractivity contribution is -0.123. The van der Waals surface area contributed by atoms with Crippen molar-refractivity contribution in [2.24, 2.45) is 0 Å². The molecule has 0 spiro atoms. The van der Waals surface area contributed by atoms with Gasteiger partial charge >= 0.3 is 12.0 Å². The van der Waals surface area contributed by atoms with Crippen molar-refractivity contribution in [2.75, 3.05) is 6.61 Å². The van der Waals surface area contributed by atoms with Gasteiger partial charge in [-0.05, 0) is 32.0 Å². The highest BCUT2D eigenvalue weighted by atomic mass is 35.5. The van der Waals surface area contributed by atoms with Gasteiger partial charge in [0.25, 0.3) is 5.91 Å². The third kappa shape index (κ3) is 4.67. The number of amides is 3. The molecule has 0 saturated heterocycles. The minimum atomic E-state index is -0.698. The summed E-state index contributed by atoms with van der Waals surface area (Å²) in [7, 11) is 0. The Hall–Kier alpha value is -2.12. The third-order valence-electron chi connectivity index (χ3n) is 2.72. The number of carbonyl (C=O) groups is 3. The van der Waals surface area contributed by atoms with E-state index in [1.807, 2.05) is 6.07 Å². The second kappa shape index (κ2) is 7.43. The highest BCUT2D eigenvalue weighted by Gasteiger charge is 2.16. The predicted molar refractivity (Wildman–Crippen MR) is 88.9 cm³/mol. The zero-order chi connectivity index (χ0) is 17.0. The molecule has 1 aromatic heterocycles. The zero-order valence-corrected chi connectivity index (χ0v) is 14.1. The van der Waals surface area contributed by atoms with E-state index in [4.69, 9.17) is 16.3 Å². The molecule has 0 aliphatic rings. The van der Waals surface area contributed by atoms with E-state index in [0.717, 1.165) is 10.1 Å². The fourth-order valence-corrected chi connectivity index (χ4v) is 3.06. The van der Waals surface area contributed by atoms with Crippen LogP contribution in [0.5, 0.6) is 0 Å². The van der Waals surface area contributed by atoms with Gasteiger partial charge < -0.3 is 10.1 Å². The first-order valence-corrected chi connectivity index (χ1v) is 8.02. The number of ether oxygens (including phenoxy) is 1. The molecule has 0 fully saturated rings. The van der Waals surface area contributed by atoms with Crippen LogP contribution in [0.25, 0.3) is 10.1 Å².